The van der Waals surface area contributed by atoms with E-state index in [1.54, 1.807) is 7.11 Å². The molecule has 1 saturated heterocycles. The van der Waals surface area contributed by atoms with E-state index in [1.807, 2.05) is 6.20 Å². The molecule has 8 nitrogen and oxygen atoms in total. The van der Waals surface area contributed by atoms with Gasteiger partial charge in [0.05, 0.1) is 18.2 Å². The van der Waals surface area contributed by atoms with Crippen molar-refractivity contribution < 1.29 is 17.7 Å². The van der Waals surface area contributed by atoms with Gasteiger partial charge in [-0.25, -0.2) is 9.97 Å². The zero-order valence-electron chi connectivity index (χ0n) is 15.2. The van der Waals surface area contributed by atoms with Gasteiger partial charge in [-0.2, -0.15) is 8.42 Å². The third-order valence-electron chi connectivity index (χ3n) is 4.46. The van der Waals surface area contributed by atoms with Crippen LogP contribution in [0.15, 0.2) is 12.5 Å². The average molecular weight is 405 g/mol. The molecule has 0 aromatic carbocycles. The second-order valence-corrected chi connectivity index (χ2v) is 8.78. The van der Waals surface area contributed by atoms with E-state index in [2.05, 4.69) is 26.8 Å². The molecule has 2 aromatic heterocycles. The van der Waals surface area contributed by atoms with Crippen LogP contribution in [-0.4, -0.2) is 65.9 Å². The van der Waals surface area contributed by atoms with Crippen molar-refractivity contribution in [3.63, 3.8) is 0 Å². The number of piperidine rings is 1. The summed E-state index contributed by atoms with van der Waals surface area (Å²) >= 11 is 6.20. The predicted octanol–water partition coefficient (Wildman–Crippen LogP) is 2.36. The summed E-state index contributed by atoms with van der Waals surface area (Å²) in [5, 5.41) is 1.47. The minimum absolute atomic E-state index is 0.312. The van der Waals surface area contributed by atoms with Gasteiger partial charge in [-0.1, -0.05) is 18.5 Å². The van der Waals surface area contributed by atoms with Gasteiger partial charge in [0, 0.05) is 19.9 Å². The molecule has 0 aliphatic carbocycles. The zero-order chi connectivity index (χ0) is 19.4. The van der Waals surface area contributed by atoms with Gasteiger partial charge in [-0.3, -0.25) is 9.45 Å². The number of hydrogen-bond donors (Lipinski definition) is 2. The fraction of sp³-hybridized carbons (Fsp3) is 0.625. The lowest BCUT2D eigenvalue weighted by molar-refractivity contribution is 0.0323. The topological polar surface area (TPSA) is 108 Å². The molecule has 0 bridgehead atoms. The molecule has 0 radical (unpaired) electrons. The molecule has 0 amide bonds. The zero-order valence-corrected chi connectivity index (χ0v) is 16.8. The molecule has 0 saturated carbocycles. The molecular formula is C16H25ClN4O4S. The number of nitrogens with zero attached hydrogens (tertiary/aromatic N) is 3. The molecule has 0 unspecified atom stereocenters. The van der Waals surface area contributed by atoms with E-state index < -0.39 is 10.1 Å². The van der Waals surface area contributed by atoms with Gasteiger partial charge in [0.15, 0.2) is 0 Å². The molecule has 0 atom stereocenters. The fourth-order valence-electron chi connectivity index (χ4n) is 3.10. The van der Waals surface area contributed by atoms with E-state index in [0.717, 1.165) is 50.1 Å². The highest BCUT2D eigenvalue weighted by atomic mass is 35.5. The molecule has 26 heavy (non-hydrogen) atoms. The maximum atomic E-state index is 9.19. The minimum Gasteiger partial charge on any atom is -0.384 e. The standard InChI is InChI=1S/C15H21ClN4O.CH4O3S/c1-15(9-21-2)3-5-20(6-4-15)8-11-7-17-14-12(11)13(16)18-10-19-14;1-5(2,3)4/h7,10H,3-6,8-9H2,1-2H3,(H,17,18,19);1H3,(H,2,3,4). The van der Waals surface area contributed by atoms with Crippen molar-refractivity contribution in [2.45, 2.75) is 26.3 Å². The Kier molecular flexibility index (Phi) is 6.98. The van der Waals surface area contributed by atoms with Crippen LogP contribution in [0.25, 0.3) is 11.0 Å². The van der Waals surface area contributed by atoms with Crippen molar-refractivity contribution in [3.05, 3.63) is 23.2 Å². The first-order valence-corrected chi connectivity index (χ1v) is 10.4. The summed E-state index contributed by atoms with van der Waals surface area (Å²) in [5.41, 5.74) is 2.30. The number of rotatable bonds is 4. The van der Waals surface area contributed by atoms with Crippen LogP contribution in [0.1, 0.15) is 25.3 Å². The lowest BCUT2D eigenvalue weighted by Crippen LogP contribution is -2.40. The lowest BCUT2D eigenvalue weighted by atomic mass is 9.81. The van der Waals surface area contributed by atoms with Crippen LogP contribution in [0.2, 0.25) is 5.15 Å². The summed E-state index contributed by atoms with van der Waals surface area (Å²) in [5.74, 6) is 0. The summed E-state index contributed by atoms with van der Waals surface area (Å²) in [6.45, 7) is 6.20. The molecule has 0 spiro atoms. The van der Waals surface area contributed by atoms with Crippen molar-refractivity contribution in [1.82, 2.24) is 19.9 Å². The van der Waals surface area contributed by atoms with Gasteiger partial charge in [-0.15, -0.1) is 0 Å². The van der Waals surface area contributed by atoms with E-state index in [9.17, 15) is 8.42 Å². The normalized spacial score (nSPS) is 17.7. The second kappa shape index (κ2) is 8.62. The van der Waals surface area contributed by atoms with Gasteiger partial charge in [-0.05, 0) is 36.9 Å². The molecule has 1 aliphatic rings. The van der Waals surface area contributed by atoms with Gasteiger partial charge in [0.1, 0.15) is 17.1 Å². The molecule has 2 N–H and O–H groups in total. The van der Waals surface area contributed by atoms with Crippen LogP contribution in [-0.2, 0) is 21.4 Å². The monoisotopic (exact) mass is 404 g/mol. The van der Waals surface area contributed by atoms with Crippen LogP contribution in [0, 0.1) is 5.41 Å². The number of fused-ring (bicyclic) bond motifs is 1. The minimum atomic E-state index is -3.67. The van der Waals surface area contributed by atoms with Crippen LogP contribution in [0.4, 0.5) is 0 Å². The Balaban J connectivity index is 0.000000431. The van der Waals surface area contributed by atoms with Crippen molar-refractivity contribution in [1.29, 1.82) is 0 Å². The van der Waals surface area contributed by atoms with E-state index in [0.29, 0.717) is 16.8 Å². The maximum Gasteiger partial charge on any atom is 0.261 e. The van der Waals surface area contributed by atoms with E-state index in [-0.39, 0.29) is 0 Å². The first-order valence-electron chi connectivity index (χ1n) is 8.21. The largest absolute Gasteiger partial charge is 0.384 e. The van der Waals surface area contributed by atoms with Crippen molar-refractivity contribution in [2.75, 3.05) is 33.1 Å². The highest BCUT2D eigenvalue weighted by Crippen LogP contribution is 2.32. The van der Waals surface area contributed by atoms with Gasteiger partial charge in [0.25, 0.3) is 10.1 Å². The molecular weight excluding hydrogens is 380 g/mol. The number of H-pyrrole nitrogens is 1. The summed E-state index contributed by atoms with van der Waals surface area (Å²) in [7, 11) is -1.88. The summed E-state index contributed by atoms with van der Waals surface area (Å²) in [4.78, 5) is 13.9. The molecule has 146 valence electrons. The smallest absolute Gasteiger partial charge is 0.261 e. The number of aromatic nitrogens is 3. The average Bonchev–Trinajstić information content (AvgIpc) is 2.93. The molecule has 1 aliphatic heterocycles. The number of halogens is 1. The molecule has 3 rings (SSSR count). The van der Waals surface area contributed by atoms with Crippen molar-refractivity contribution in [2.24, 2.45) is 5.41 Å². The lowest BCUT2D eigenvalue weighted by Gasteiger charge is -2.38. The number of aromatic amines is 1. The Hall–Kier alpha value is -1.26. The molecule has 1 fully saturated rings. The van der Waals surface area contributed by atoms with Crippen molar-refractivity contribution >= 4 is 32.8 Å². The predicted molar refractivity (Wildman–Crippen MR) is 101 cm³/mol. The Morgan fingerprint density at radius 3 is 2.58 bits per heavy atom. The first kappa shape index (κ1) is 21.0. The van der Waals surface area contributed by atoms with Crippen LogP contribution in [0.3, 0.4) is 0 Å². The van der Waals surface area contributed by atoms with Crippen LogP contribution in [0.5, 0.6) is 0 Å². The number of ether oxygens (including phenoxy) is 1. The van der Waals surface area contributed by atoms with E-state index >= 15 is 0 Å². The van der Waals surface area contributed by atoms with Gasteiger partial charge < -0.3 is 9.72 Å². The van der Waals surface area contributed by atoms with Gasteiger partial charge in [0.2, 0.25) is 0 Å². The second-order valence-electron chi connectivity index (χ2n) is 6.95. The molecule has 3 heterocycles. The van der Waals surface area contributed by atoms with E-state index in [1.165, 1.54) is 11.9 Å². The quantitative estimate of drug-likeness (QED) is 0.594. The number of hydrogen-bond acceptors (Lipinski definition) is 6. The summed E-state index contributed by atoms with van der Waals surface area (Å²) < 4.78 is 31.2. The third kappa shape index (κ3) is 6.17. The molecule has 10 heteroatoms. The SMILES string of the molecule is COCC1(C)CCN(Cc2c[nH]c3ncnc(Cl)c23)CC1.CS(=O)(=O)O. The van der Waals surface area contributed by atoms with Crippen LogP contribution >= 0.6 is 11.6 Å². The number of methoxy groups -OCH3 is 1. The summed E-state index contributed by atoms with van der Waals surface area (Å²) in [6, 6.07) is 0. The van der Waals surface area contributed by atoms with E-state index in [4.69, 9.17) is 20.9 Å². The Morgan fingerprint density at radius 2 is 2.00 bits per heavy atom. The Labute approximate surface area is 158 Å². The summed E-state index contributed by atoms with van der Waals surface area (Å²) in [6.07, 6.45) is 6.52. The third-order valence-corrected chi connectivity index (χ3v) is 4.74. The number of likely N-dealkylation sites (tertiary alicyclic amines) is 1. The van der Waals surface area contributed by atoms with Gasteiger partial charge >= 0.3 is 0 Å². The highest BCUT2D eigenvalue weighted by Gasteiger charge is 2.30. The Morgan fingerprint density at radius 1 is 1.38 bits per heavy atom. The first-order chi connectivity index (χ1) is 12.1. The maximum absolute atomic E-state index is 9.19. The van der Waals surface area contributed by atoms with Crippen LogP contribution < -0.4 is 0 Å². The molecule has 2 aromatic rings. The number of nitrogens with one attached hydrogen (secondary N) is 1. The fourth-order valence-corrected chi connectivity index (χ4v) is 3.35. The Bertz CT molecular complexity index is 824. The van der Waals surface area contributed by atoms with Crippen molar-refractivity contribution in [3.8, 4) is 0 Å². The highest BCUT2D eigenvalue weighted by molar-refractivity contribution is 7.85.